The number of amides is 2. The second-order valence-electron chi connectivity index (χ2n) is 5.60. The van der Waals surface area contributed by atoms with Gasteiger partial charge in [0.05, 0.1) is 6.26 Å². The fourth-order valence-corrected chi connectivity index (χ4v) is 2.62. The van der Waals surface area contributed by atoms with Gasteiger partial charge in [-0.2, -0.15) is 12.6 Å². The SMILES string of the molecule is O=C(NC(CCS)C(=O)N[C@H](Cc1ccccc1)C(=O)O)c1ccco1. The minimum Gasteiger partial charge on any atom is -0.480 e. The third-order valence-corrected chi connectivity index (χ3v) is 3.94. The van der Waals surface area contributed by atoms with Crippen molar-refractivity contribution in [2.45, 2.75) is 24.9 Å². The van der Waals surface area contributed by atoms with E-state index in [0.717, 1.165) is 5.56 Å². The Hall–Kier alpha value is -2.74. The van der Waals surface area contributed by atoms with Gasteiger partial charge in [-0.1, -0.05) is 30.3 Å². The van der Waals surface area contributed by atoms with Gasteiger partial charge in [-0.05, 0) is 29.9 Å². The first-order valence-electron chi connectivity index (χ1n) is 8.03. The lowest BCUT2D eigenvalue weighted by Crippen LogP contribution is -2.52. The maximum absolute atomic E-state index is 12.5. The summed E-state index contributed by atoms with van der Waals surface area (Å²) < 4.78 is 5.00. The third kappa shape index (κ3) is 5.66. The standard InChI is InChI=1S/C18H20N2O5S/c21-16(13(8-10-26)19-17(22)15-7-4-9-25-15)20-14(18(23)24)11-12-5-2-1-3-6-12/h1-7,9,13-14,26H,8,10-11H2,(H,19,22)(H,20,21)(H,23,24)/t13?,14-/m1/s1. The van der Waals surface area contributed by atoms with Gasteiger partial charge in [0, 0.05) is 6.42 Å². The number of nitrogens with one attached hydrogen (secondary N) is 2. The number of carboxylic acids is 1. The minimum absolute atomic E-state index is 0.0704. The average molecular weight is 376 g/mol. The Balaban J connectivity index is 2.03. The van der Waals surface area contributed by atoms with Crippen LogP contribution in [0.15, 0.2) is 53.1 Å². The quantitative estimate of drug-likeness (QED) is 0.496. The number of benzene rings is 1. The molecule has 1 aromatic heterocycles. The monoisotopic (exact) mass is 376 g/mol. The van der Waals surface area contributed by atoms with E-state index >= 15 is 0 Å². The smallest absolute Gasteiger partial charge is 0.326 e. The normalized spacial score (nSPS) is 12.8. The van der Waals surface area contributed by atoms with Gasteiger partial charge in [0.15, 0.2) is 5.76 Å². The molecule has 0 bridgehead atoms. The number of hydrogen-bond donors (Lipinski definition) is 4. The van der Waals surface area contributed by atoms with E-state index in [9.17, 15) is 19.5 Å². The van der Waals surface area contributed by atoms with E-state index in [0.29, 0.717) is 5.75 Å². The second kappa shape index (κ2) is 9.67. The van der Waals surface area contributed by atoms with Crippen molar-refractivity contribution >= 4 is 30.4 Å². The topological polar surface area (TPSA) is 109 Å². The summed E-state index contributed by atoms with van der Waals surface area (Å²) in [6.45, 7) is 0. The highest BCUT2D eigenvalue weighted by molar-refractivity contribution is 7.80. The zero-order valence-electron chi connectivity index (χ0n) is 13.9. The molecule has 2 aromatic rings. The summed E-state index contributed by atoms with van der Waals surface area (Å²) in [4.78, 5) is 36.1. The summed E-state index contributed by atoms with van der Waals surface area (Å²) in [6, 6.07) is 9.99. The van der Waals surface area contributed by atoms with Crippen LogP contribution in [0.25, 0.3) is 0 Å². The molecule has 2 rings (SSSR count). The number of furan rings is 1. The number of aliphatic carboxylic acids is 1. The van der Waals surface area contributed by atoms with Crippen LogP contribution >= 0.6 is 12.6 Å². The van der Waals surface area contributed by atoms with Gasteiger partial charge in [0.25, 0.3) is 5.91 Å². The number of carbonyl (C=O) groups excluding carboxylic acids is 2. The van der Waals surface area contributed by atoms with Crippen LogP contribution in [0, 0.1) is 0 Å². The molecule has 1 unspecified atom stereocenters. The van der Waals surface area contributed by atoms with E-state index in [2.05, 4.69) is 23.3 Å². The zero-order valence-corrected chi connectivity index (χ0v) is 14.8. The molecule has 26 heavy (non-hydrogen) atoms. The van der Waals surface area contributed by atoms with E-state index in [1.165, 1.54) is 12.3 Å². The third-order valence-electron chi connectivity index (χ3n) is 3.68. The van der Waals surface area contributed by atoms with Crippen LogP contribution in [0.4, 0.5) is 0 Å². The molecule has 8 heteroatoms. The Morgan fingerprint density at radius 3 is 2.35 bits per heavy atom. The first-order valence-corrected chi connectivity index (χ1v) is 8.67. The van der Waals surface area contributed by atoms with Crippen molar-refractivity contribution in [1.29, 1.82) is 0 Å². The van der Waals surface area contributed by atoms with Crippen molar-refractivity contribution in [2.24, 2.45) is 0 Å². The van der Waals surface area contributed by atoms with E-state index in [1.54, 1.807) is 30.3 Å². The fraction of sp³-hybridized carbons (Fsp3) is 0.278. The molecule has 0 aliphatic carbocycles. The first-order chi connectivity index (χ1) is 12.5. The second-order valence-corrected chi connectivity index (χ2v) is 6.05. The summed E-state index contributed by atoms with van der Waals surface area (Å²) >= 11 is 4.09. The number of thiol groups is 1. The van der Waals surface area contributed by atoms with E-state index < -0.39 is 29.9 Å². The van der Waals surface area contributed by atoms with E-state index in [-0.39, 0.29) is 18.6 Å². The van der Waals surface area contributed by atoms with Gasteiger partial charge < -0.3 is 20.2 Å². The number of rotatable bonds is 9. The zero-order chi connectivity index (χ0) is 18.9. The number of carbonyl (C=O) groups is 3. The lowest BCUT2D eigenvalue weighted by atomic mass is 10.1. The van der Waals surface area contributed by atoms with Gasteiger partial charge in [-0.25, -0.2) is 4.79 Å². The fourth-order valence-electron chi connectivity index (χ4n) is 2.36. The van der Waals surface area contributed by atoms with Gasteiger partial charge in [0.2, 0.25) is 5.91 Å². The van der Waals surface area contributed by atoms with Crippen LogP contribution in [0.2, 0.25) is 0 Å². The van der Waals surface area contributed by atoms with Gasteiger partial charge in [-0.15, -0.1) is 0 Å². The van der Waals surface area contributed by atoms with Crippen LogP contribution in [0.3, 0.4) is 0 Å². The largest absolute Gasteiger partial charge is 0.480 e. The Kier molecular flexibility index (Phi) is 7.28. The van der Waals surface area contributed by atoms with E-state index in [1.807, 2.05) is 6.07 Å². The Bertz CT molecular complexity index is 733. The molecule has 138 valence electrons. The molecule has 0 saturated carbocycles. The Labute approximate surface area is 156 Å². The van der Waals surface area contributed by atoms with Crippen molar-refractivity contribution in [3.05, 3.63) is 60.1 Å². The predicted molar refractivity (Wildman–Crippen MR) is 98.1 cm³/mol. The lowest BCUT2D eigenvalue weighted by molar-refractivity contribution is -0.142. The molecule has 0 fully saturated rings. The van der Waals surface area contributed by atoms with Gasteiger partial charge >= 0.3 is 5.97 Å². The van der Waals surface area contributed by atoms with Crippen LogP contribution in [-0.2, 0) is 16.0 Å². The molecule has 2 atom stereocenters. The number of hydrogen-bond acceptors (Lipinski definition) is 5. The summed E-state index contributed by atoms with van der Waals surface area (Å²) in [5.74, 6) is -1.87. The molecular weight excluding hydrogens is 356 g/mol. The molecule has 0 aliphatic heterocycles. The minimum atomic E-state index is -1.15. The molecule has 2 amide bonds. The molecular formula is C18H20N2O5S. The molecule has 1 heterocycles. The highest BCUT2D eigenvalue weighted by Crippen LogP contribution is 2.06. The van der Waals surface area contributed by atoms with Gasteiger partial charge in [-0.3, -0.25) is 9.59 Å². The Morgan fingerprint density at radius 1 is 1.04 bits per heavy atom. The van der Waals surface area contributed by atoms with Crippen LogP contribution in [0.1, 0.15) is 22.5 Å². The lowest BCUT2D eigenvalue weighted by Gasteiger charge is -2.20. The molecule has 0 radical (unpaired) electrons. The highest BCUT2D eigenvalue weighted by Gasteiger charge is 2.27. The van der Waals surface area contributed by atoms with Crippen LogP contribution in [0.5, 0.6) is 0 Å². The summed E-state index contributed by atoms with van der Waals surface area (Å²) in [5, 5.41) is 14.4. The maximum Gasteiger partial charge on any atom is 0.326 e. The Morgan fingerprint density at radius 2 is 1.77 bits per heavy atom. The van der Waals surface area contributed by atoms with Gasteiger partial charge in [0.1, 0.15) is 12.1 Å². The molecule has 1 aromatic carbocycles. The number of carboxylic acid groups (broad SMARTS) is 1. The average Bonchev–Trinajstić information content (AvgIpc) is 3.16. The molecule has 0 aliphatic rings. The van der Waals surface area contributed by atoms with E-state index in [4.69, 9.17) is 4.42 Å². The van der Waals surface area contributed by atoms with Crippen molar-refractivity contribution in [2.75, 3.05) is 5.75 Å². The molecule has 7 nitrogen and oxygen atoms in total. The van der Waals surface area contributed by atoms with Crippen LogP contribution in [-0.4, -0.2) is 40.7 Å². The summed E-state index contributed by atoms with van der Waals surface area (Å²) in [6.07, 6.45) is 1.74. The molecule has 0 spiro atoms. The van der Waals surface area contributed by atoms with Crippen LogP contribution < -0.4 is 10.6 Å². The van der Waals surface area contributed by atoms with Crippen molar-refractivity contribution < 1.29 is 23.9 Å². The summed E-state index contributed by atoms with van der Waals surface area (Å²) in [5.41, 5.74) is 0.783. The van der Waals surface area contributed by atoms with Crippen molar-refractivity contribution in [3.63, 3.8) is 0 Å². The highest BCUT2D eigenvalue weighted by atomic mass is 32.1. The predicted octanol–water partition coefficient (Wildman–Crippen LogP) is 1.51. The first kappa shape index (κ1) is 19.6. The van der Waals surface area contributed by atoms with Crippen molar-refractivity contribution in [1.82, 2.24) is 10.6 Å². The maximum atomic E-state index is 12.5. The molecule has 0 saturated heterocycles. The molecule has 3 N–H and O–H groups in total. The summed E-state index contributed by atoms with van der Waals surface area (Å²) in [7, 11) is 0. The van der Waals surface area contributed by atoms with Crippen molar-refractivity contribution in [3.8, 4) is 0 Å².